The molecule has 10 heteroatoms. The number of nitrogens with one attached hydrogen (secondary N) is 1. The predicted octanol–water partition coefficient (Wildman–Crippen LogP) is 4.99. The van der Waals surface area contributed by atoms with Crippen LogP contribution in [-0.4, -0.2) is 26.7 Å². The number of pyridine rings is 2. The number of benzene rings is 1. The highest BCUT2D eigenvalue weighted by atomic mass is 19.4. The van der Waals surface area contributed by atoms with Gasteiger partial charge in [-0.25, -0.2) is 4.98 Å². The lowest BCUT2D eigenvalue weighted by Gasteiger charge is -2.37. The van der Waals surface area contributed by atoms with Gasteiger partial charge in [-0.1, -0.05) is 31.2 Å². The van der Waals surface area contributed by atoms with E-state index in [0.29, 0.717) is 23.5 Å². The van der Waals surface area contributed by atoms with Gasteiger partial charge in [0.05, 0.1) is 35.7 Å². The molecule has 0 saturated heterocycles. The minimum Gasteiger partial charge on any atom is -0.383 e. The molecule has 0 radical (unpaired) electrons. The Hall–Kier alpha value is -3.95. The van der Waals surface area contributed by atoms with Crippen molar-refractivity contribution in [2.24, 2.45) is 0 Å². The fourth-order valence-corrected chi connectivity index (χ4v) is 4.46. The van der Waals surface area contributed by atoms with Crippen molar-refractivity contribution in [3.05, 3.63) is 82.8 Å². The second-order valence-corrected chi connectivity index (χ2v) is 8.97. The van der Waals surface area contributed by atoms with Crippen LogP contribution in [0.25, 0.3) is 0 Å². The van der Waals surface area contributed by atoms with Crippen molar-refractivity contribution in [2.45, 2.75) is 51.4 Å². The van der Waals surface area contributed by atoms with E-state index in [9.17, 15) is 22.8 Å². The number of anilines is 2. The van der Waals surface area contributed by atoms with Crippen molar-refractivity contribution < 1.29 is 22.8 Å². The van der Waals surface area contributed by atoms with Gasteiger partial charge in [-0.05, 0) is 60.6 Å². The number of hydrogen-bond acceptors (Lipinski definition) is 5. The van der Waals surface area contributed by atoms with Gasteiger partial charge in [0.1, 0.15) is 5.82 Å². The van der Waals surface area contributed by atoms with Crippen molar-refractivity contribution in [3.63, 3.8) is 0 Å². The van der Waals surface area contributed by atoms with E-state index in [2.05, 4.69) is 22.2 Å². The summed E-state index contributed by atoms with van der Waals surface area (Å²) in [6.45, 7) is 3.70. The monoisotopic (exact) mass is 497 g/mol. The molecule has 2 amide bonds. The number of amides is 2. The largest absolute Gasteiger partial charge is 0.417 e. The number of hydrogen-bond donors (Lipinski definition) is 2. The number of nitrogen functional groups attached to an aromatic ring is 1. The van der Waals surface area contributed by atoms with Gasteiger partial charge < -0.3 is 16.0 Å². The van der Waals surface area contributed by atoms with Gasteiger partial charge in [0.25, 0.3) is 0 Å². The summed E-state index contributed by atoms with van der Waals surface area (Å²) < 4.78 is 39.0. The van der Waals surface area contributed by atoms with Crippen LogP contribution in [0.3, 0.4) is 0 Å². The van der Waals surface area contributed by atoms with Crippen LogP contribution in [0, 0.1) is 6.92 Å². The third kappa shape index (κ3) is 5.32. The van der Waals surface area contributed by atoms with Crippen molar-refractivity contribution in [1.82, 2.24) is 14.9 Å². The molecule has 0 aliphatic heterocycles. The fourth-order valence-electron chi connectivity index (χ4n) is 4.46. The van der Waals surface area contributed by atoms with E-state index in [1.165, 1.54) is 17.2 Å². The maximum absolute atomic E-state index is 13.5. The van der Waals surface area contributed by atoms with E-state index in [4.69, 9.17) is 5.73 Å². The topological polar surface area (TPSA) is 101 Å². The molecule has 0 spiro atoms. The number of nitrogens with zero attached hydrogens (tertiary/aromatic N) is 3. The Labute approximate surface area is 206 Å². The van der Waals surface area contributed by atoms with Gasteiger partial charge in [-0.2, -0.15) is 13.2 Å². The van der Waals surface area contributed by atoms with Crippen LogP contribution in [0.5, 0.6) is 0 Å². The summed E-state index contributed by atoms with van der Waals surface area (Å²) in [5.74, 6) is -1.12. The first kappa shape index (κ1) is 25.2. The Bertz CT molecular complexity index is 1280. The first-order valence-electron chi connectivity index (χ1n) is 11.5. The molecule has 3 N–H and O–H groups in total. The van der Waals surface area contributed by atoms with E-state index < -0.39 is 29.6 Å². The highest BCUT2D eigenvalue weighted by Crippen LogP contribution is 2.41. The number of halogens is 3. The minimum atomic E-state index is -4.52. The van der Waals surface area contributed by atoms with Crippen LogP contribution in [0.4, 0.5) is 24.7 Å². The summed E-state index contributed by atoms with van der Waals surface area (Å²) in [4.78, 5) is 35.8. The molecule has 2 heterocycles. The Balaban J connectivity index is 1.66. The minimum absolute atomic E-state index is 0.128. The zero-order valence-electron chi connectivity index (χ0n) is 19.8. The average molecular weight is 498 g/mol. The third-order valence-corrected chi connectivity index (χ3v) is 6.45. The summed E-state index contributed by atoms with van der Waals surface area (Å²) in [6, 6.07) is 11.0. The zero-order chi connectivity index (χ0) is 26.0. The number of nitrogens with two attached hydrogens (primary N) is 1. The predicted molar refractivity (Wildman–Crippen MR) is 129 cm³/mol. The first-order chi connectivity index (χ1) is 17.0. The SMILES string of the molecule is Cc1cc(NC(=O)C(=O)N(Cc2ccc(C(F)(F)F)cn2)C2CCC(C)c3ccccc32)cnc1N. The van der Waals surface area contributed by atoms with Crippen molar-refractivity contribution >= 4 is 23.3 Å². The molecule has 1 aliphatic carbocycles. The third-order valence-electron chi connectivity index (χ3n) is 6.45. The molecule has 3 aromatic rings. The van der Waals surface area contributed by atoms with E-state index in [-0.39, 0.29) is 18.2 Å². The molecule has 0 saturated carbocycles. The van der Waals surface area contributed by atoms with Crippen LogP contribution in [-0.2, 0) is 22.3 Å². The summed E-state index contributed by atoms with van der Waals surface area (Å²) in [7, 11) is 0. The Morgan fingerprint density at radius 3 is 2.44 bits per heavy atom. The van der Waals surface area contributed by atoms with E-state index in [1.807, 2.05) is 24.3 Å². The molecule has 36 heavy (non-hydrogen) atoms. The summed E-state index contributed by atoms with van der Waals surface area (Å²) in [6.07, 6.45) is -1.05. The molecular weight excluding hydrogens is 471 g/mol. The molecule has 1 aliphatic rings. The maximum Gasteiger partial charge on any atom is 0.417 e. The molecule has 0 bridgehead atoms. The molecule has 2 aromatic heterocycles. The molecule has 1 aromatic carbocycles. The number of aromatic nitrogens is 2. The van der Waals surface area contributed by atoms with E-state index in [0.717, 1.165) is 29.8 Å². The van der Waals surface area contributed by atoms with Crippen molar-refractivity contribution in [3.8, 4) is 0 Å². The lowest BCUT2D eigenvalue weighted by molar-refractivity contribution is -0.145. The summed E-state index contributed by atoms with van der Waals surface area (Å²) >= 11 is 0. The van der Waals surface area contributed by atoms with Crippen LogP contribution in [0.2, 0.25) is 0 Å². The lowest BCUT2D eigenvalue weighted by Crippen LogP contribution is -2.43. The van der Waals surface area contributed by atoms with Gasteiger partial charge >= 0.3 is 18.0 Å². The zero-order valence-corrected chi connectivity index (χ0v) is 19.8. The summed E-state index contributed by atoms with van der Waals surface area (Å²) in [5.41, 5.74) is 8.02. The van der Waals surface area contributed by atoms with Crippen LogP contribution < -0.4 is 11.1 Å². The van der Waals surface area contributed by atoms with Crippen LogP contribution in [0.1, 0.15) is 59.7 Å². The van der Waals surface area contributed by atoms with Gasteiger partial charge in [0.15, 0.2) is 0 Å². The van der Waals surface area contributed by atoms with Gasteiger partial charge in [0.2, 0.25) is 0 Å². The molecule has 7 nitrogen and oxygen atoms in total. The average Bonchev–Trinajstić information content (AvgIpc) is 2.85. The fraction of sp³-hybridized carbons (Fsp3) is 0.308. The Morgan fingerprint density at radius 2 is 1.81 bits per heavy atom. The molecule has 188 valence electrons. The number of carbonyl (C=O) groups excluding carboxylic acids is 2. The molecule has 2 atom stereocenters. The number of rotatable bonds is 4. The number of alkyl halides is 3. The number of carbonyl (C=O) groups is 2. The quantitative estimate of drug-likeness (QED) is 0.495. The standard InChI is InChI=1S/C26H26F3N5O2/c1-15-7-10-22(21-6-4-3-5-20(15)21)34(14-18-9-8-17(12-31-18)26(27,28)29)25(36)24(35)33-19-11-16(2)23(30)32-13-19/h3-6,8-9,11-13,15,22H,7,10,14H2,1-2H3,(H2,30,32)(H,33,35). The van der Waals surface area contributed by atoms with Gasteiger partial charge in [0, 0.05) is 6.20 Å². The molecular formula is C26H26F3N5O2. The normalized spacial score (nSPS) is 17.2. The van der Waals surface area contributed by atoms with Gasteiger partial charge in [-0.3, -0.25) is 14.6 Å². The van der Waals surface area contributed by atoms with Gasteiger partial charge in [-0.15, -0.1) is 0 Å². The molecule has 0 fully saturated rings. The van der Waals surface area contributed by atoms with E-state index in [1.54, 1.807) is 13.0 Å². The molecule has 4 rings (SSSR count). The number of aryl methyl sites for hydroxylation is 1. The molecule has 2 unspecified atom stereocenters. The first-order valence-corrected chi connectivity index (χ1v) is 11.5. The van der Waals surface area contributed by atoms with Crippen molar-refractivity contribution in [2.75, 3.05) is 11.1 Å². The highest BCUT2D eigenvalue weighted by molar-refractivity contribution is 6.39. The van der Waals surface area contributed by atoms with Crippen LogP contribution in [0.15, 0.2) is 54.9 Å². The highest BCUT2D eigenvalue weighted by Gasteiger charge is 2.35. The summed E-state index contributed by atoms with van der Waals surface area (Å²) in [5, 5.41) is 2.56. The second kappa shape index (κ2) is 9.96. The maximum atomic E-state index is 13.5. The Kier molecular flexibility index (Phi) is 6.96. The second-order valence-electron chi connectivity index (χ2n) is 8.97. The lowest BCUT2D eigenvalue weighted by atomic mass is 9.80. The number of fused-ring (bicyclic) bond motifs is 1. The van der Waals surface area contributed by atoms with E-state index >= 15 is 0 Å². The Morgan fingerprint density at radius 1 is 1.08 bits per heavy atom. The van der Waals surface area contributed by atoms with Crippen molar-refractivity contribution in [1.29, 1.82) is 0 Å². The smallest absolute Gasteiger partial charge is 0.383 e. The van der Waals surface area contributed by atoms with Crippen LogP contribution >= 0.6 is 0 Å².